The summed E-state index contributed by atoms with van der Waals surface area (Å²) in [5.74, 6) is 1.28. The van der Waals surface area contributed by atoms with Crippen LogP contribution >= 0.6 is 11.8 Å². The first-order chi connectivity index (χ1) is 11.6. The van der Waals surface area contributed by atoms with E-state index in [1.54, 1.807) is 11.8 Å². The molecule has 0 spiro atoms. The van der Waals surface area contributed by atoms with Crippen molar-refractivity contribution < 1.29 is 9.53 Å². The van der Waals surface area contributed by atoms with Crippen LogP contribution in [0.25, 0.3) is 0 Å². The minimum atomic E-state index is -0.0479. The molecule has 2 aromatic rings. The quantitative estimate of drug-likeness (QED) is 0.510. The number of benzene rings is 1. The number of H-pyrrole nitrogens is 1. The van der Waals surface area contributed by atoms with Gasteiger partial charge in [0.2, 0.25) is 0 Å². The molecule has 0 radical (unpaired) electrons. The molecule has 1 aromatic heterocycles. The van der Waals surface area contributed by atoms with Crippen molar-refractivity contribution in [3.8, 4) is 0 Å². The molecule has 2 rings (SSSR count). The molecule has 24 heavy (non-hydrogen) atoms. The Morgan fingerprint density at radius 1 is 1.33 bits per heavy atom. The third-order valence-electron chi connectivity index (χ3n) is 3.19. The van der Waals surface area contributed by atoms with Crippen LogP contribution in [0.3, 0.4) is 0 Å². The van der Waals surface area contributed by atoms with Gasteiger partial charge in [-0.25, -0.2) is 4.98 Å². The Kier molecular flexibility index (Phi) is 7.77. The van der Waals surface area contributed by atoms with E-state index in [9.17, 15) is 4.79 Å². The Morgan fingerprint density at radius 2 is 2.12 bits per heavy atom. The van der Waals surface area contributed by atoms with Gasteiger partial charge in [-0.05, 0) is 30.0 Å². The van der Waals surface area contributed by atoms with Crippen LogP contribution in [0, 0.1) is 5.92 Å². The molecule has 0 aliphatic carbocycles. The summed E-state index contributed by atoms with van der Waals surface area (Å²) in [7, 11) is 0. The summed E-state index contributed by atoms with van der Waals surface area (Å²) in [5.41, 5.74) is 1.81. The maximum atomic E-state index is 12.1. The van der Waals surface area contributed by atoms with Gasteiger partial charge >= 0.3 is 0 Å². The molecule has 0 aliphatic rings. The van der Waals surface area contributed by atoms with Crippen LogP contribution in [0.15, 0.2) is 35.7 Å². The van der Waals surface area contributed by atoms with Crippen LogP contribution in [0.5, 0.6) is 0 Å². The maximum absolute atomic E-state index is 12.1. The summed E-state index contributed by atoms with van der Waals surface area (Å²) in [6, 6.07) is 7.62. The zero-order valence-corrected chi connectivity index (χ0v) is 14.9. The monoisotopic (exact) mass is 348 g/mol. The number of hydrogen-bond donors (Lipinski definition) is 2. The van der Waals surface area contributed by atoms with Gasteiger partial charge in [0.15, 0.2) is 5.16 Å². The molecule has 7 heteroatoms. The fourth-order valence-electron chi connectivity index (χ4n) is 1.97. The Morgan fingerprint density at radius 3 is 2.79 bits per heavy atom. The largest absolute Gasteiger partial charge is 0.381 e. The number of amides is 1. The highest BCUT2D eigenvalue weighted by atomic mass is 32.2. The van der Waals surface area contributed by atoms with E-state index < -0.39 is 0 Å². The molecular formula is C17H24N4O2S. The fourth-order valence-corrected chi connectivity index (χ4v) is 2.70. The number of carbonyl (C=O) groups is 1. The van der Waals surface area contributed by atoms with E-state index in [0.717, 1.165) is 29.5 Å². The van der Waals surface area contributed by atoms with Crippen molar-refractivity contribution in [3.05, 3.63) is 41.7 Å². The van der Waals surface area contributed by atoms with Gasteiger partial charge in [-0.3, -0.25) is 9.89 Å². The van der Waals surface area contributed by atoms with Crippen LogP contribution in [-0.4, -0.2) is 40.8 Å². The van der Waals surface area contributed by atoms with Gasteiger partial charge in [-0.1, -0.05) is 37.7 Å². The van der Waals surface area contributed by atoms with Gasteiger partial charge < -0.3 is 10.1 Å². The van der Waals surface area contributed by atoms with Crippen molar-refractivity contribution >= 4 is 17.7 Å². The minimum absolute atomic E-state index is 0.0479. The van der Waals surface area contributed by atoms with E-state index in [0.29, 0.717) is 24.6 Å². The van der Waals surface area contributed by atoms with E-state index >= 15 is 0 Å². The van der Waals surface area contributed by atoms with Gasteiger partial charge in [-0.15, -0.1) is 0 Å². The molecule has 0 bridgehead atoms. The zero-order chi connectivity index (χ0) is 17.2. The van der Waals surface area contributed by atoms with Gasteiger partial charge in [0, 0.05) is 31.1 Å². The van der Waals surface area contributed by atoms with Crippen molar-refractivity contribution in [2.45, 2.75) is 31.2 Å². The Bertz CT molecular complexity index is 600. The molecule has 1 heterocycles. The molecule has 0 saturated carbocycles. The predicted octanol–water partition coefficient (Wildman–Crippen LogP) is 2.89. The average Bonchev–Trinajstić information content (AvgIpc) is 3.09. The smallest absolute Gasteiger partial charge is 0.251 e. The normalized spacial score (nSPS) is 11.0. The highest BCUT2D eigenvalue weighted by Gasteiger charge is 2.05. The van der Waals surface area contributed by atoms with Crippen molar-refractivity contribution in [2.24, 2.45) is 5.92 Å². The van der Waals surface area contributed by atoms with Crippen molar-refractivity contribution in [1.82, 2.24) is 20.5 Å². The Balaban J connectivity index is 1.67. The number of carbonyl (C=O) groups excluding carboxylic acids is 1. The van der Waals surface area contributed by atoms with Crippen molar-refractivity contribution in [1.29, 1.82) is 0 Å². The summed E-state index contributed by atoms with van der Waals surface area (Å²) in [6.07, 6.45) is 2.31. The lowest BCUT2D eigenvalue weighted by Gasteiger charge is -2.08. The first kappa shape index (κ1) is 18.5. The minimum Gasteiger partial charge on any atom is -0.381 e. The second kappa shape index (κ2) is 10.1. The molecule has 0 aliphatic heterocycles. The molecule has 0 fully saturated rings. The van der Waals surface area contributed by atoms with E-state index in [1.165, 1.54) is 6.33 Å². The maximum Gasteiger partial charge on any atom is 0.251 e. The number of thioether (sulfide) groups is 1. The van der Waals surface area contributed by atoms with Crippen molar-refractivity contribution in [2.75, 3.05) is 19.8 Å². The van der Waals surface area contributed by atoms with Crippen LogP contribution in [0.1, 0.15) is 36.2 Å². The average molecular weight is 348 g/mol. The molecule has 2 N–H and O–H groups in total. The summed E-state index contributed by atoms with van der Waals surface area (Å²) in [6.45, 7) is 6.31. The molecular weight excluding hydrogens is 324 g/mol. The lowest BCUT2D eigenvalue weighted by molar-refractivity contribution is 0.0925. The summed E-state index contributed by atoms with van der Waals surface area (Å²) in [4.78, 5) is 16.1. The second-order valence-electron chi connectivity index (χ2n) is 5.85. The number of hydrogen-bond acceptors (Lipinski definition) is 5. The van der Waals surface area contributed by atoms with Crippen LogP contribution in [-0.2, 0) is 10.5 Å². The second-order valence-corrected chi connectivity index (χ2v) is 6.82. The highest BCUT2D eigenvalue weighted by molar-refractivity contribution is 7.98. The Labute approximate surface area is 146 Å². The van der Waals surface area contributed by atoms with E-state index in [2.05, 4.69) is 34.3 Å². The molecule has 1 aromatic carbocycles. The lowest BCUT2D eigenvalue weighted by Crippen LogP contribution is -2.25. The summed E-state index contributed by atoms with van der Waals surface area (Å²) < 4.78 is 5.49. The van der Waals surface area contributed by atoms with Crippen LogP contribution < -0.4 is 5.32 Å². The zero-order valence-electron chi connectivity index (χ0n) is 14.1. The summed E-state index contributed by atoms with van der Waals surface area (Å²) in [5, 5.41) is 10.3. The number of aromatic nitrogens is 3. The SMILES string of the molecule is CC(C)COCCCNC(=O)c1ccc(CSc2ncn[nH]2)cc1. The number of nitrogens with one attached hydrogen (secondary N) is 2. The standard InChI is InChI=1S/C17H24N4O2S/c1-13(2)10-23-9-3-8-18-16(22)15-6-4-14(5-7-15)11-24-17-19-12-20-21-17/h4-7,12-13H,3,8-11H2,1-2H3,(H,18,22)(H,19,20,21). The third kappa shape index (κ3) is 6.72. The van der Waals surface area contributed by atoms with Gasteiger partial charge in [0.1, 0.15) is 6.33 Å². The van der Waals surface area contributed by atoms with Gasteiger partial charge in [0.05, 0.1) is 0 Å². The number of aromatic amines is 1. The highest BCUT2D eigenvalue weighted by Crippen LogP contribution is 2.18. The molecule has 0 saturated heterocycles. The van der Waals surface area contributed by atoms with Crippen molar-refractivity contribution in [3.63, 3.8) is 0 Å². The molecule has 1 amide bonds. The van der Waals surface area contributed by atoms with E-state index in [-0.39, 0.29) is 5.91 Å². The first-order valence-corrected chi connectivity index (χ1v) is 9.06. The number of nitrogens with zero attached hydrogens (tertiary/aromatic N) is 2. The number of ether oxygens (including phenoxy) is 1. The van der Waals surface area contributed by atoms with Crippen LogP contribution in [0.4, 0.5) is 0 Å². The predicted molar refractivity (Wildman–Crippen MR) is 95.0 cm³/mol. The number of rotatable bonds is 10. The van der Waals surface area contributed by atoms with E-state index in [4.69, 9.17) is 4.74 Å². The molecule has 6 nitrogen and oxygen atoms in total. The van der Waals surface area contributed by atoms with Gasteiger partial charge in [-0.2, -0.15) is 5.10 Å². The topological polar surface area (TPSA) is 79.9 Å². The lowest BCUT2D eigenvalue weighted by atomic mass is 10.1. The fraction of sp³-hybridized carbons (Fsp3) is 0.471. The Hall–Kier alpha value is -1.86. The van der Waals surface area contributed by atoms with Gasteiger partial charge in [0.25, 0.3) is 5.91 Å². The molecule has 0 atom stereocenters. The van der Waals surface area contributed by atoms with Crippen LogP contribution in [0.2, 0.25) is 0 Å². The summed E-state index contributed by atoms with van der Waals surface area (Å²) >= 11 is 1.57. The molecule has 0 unspecified atom stereocenters. The molecule has 130 valence electrons. The third-order valence-corrected chi connectivity index (χ3v) is 4.13. The van der Waals surface area contributed by atoms with E-state index in [1.807, 2.05) is 24.3 Å². The first-order valence-electron chi connectivity index (χ1n) is 8.08.